The molecule has 0 bridgehead atoms. The molecule has 0 saturated heterocycles. The van der Waals surface area contributed by atoms with Crippen LogP contribution >= 0.6 is 185 Å². The maximum absolute atomic E-state index is 5.89. The molecule has 30 heteroatoms. The van der Waals surface area contributed by atoms with E-state index < -0.39 is 0 Å². The van der Waals surface area contributed by atoms with Crippen molar-refractivity contribution < 1.29 is 0 Å². The number of aromatic nitrogens is 14. The van der Waals surface area contributed by atoms with Gasteiger partial charge < -0.3 is 29.9 Å². The molecule has 0 amide bonds. The Kier molecular flexibility index (Phi) is 36.0. The van der Waals surface area contributed by atoms with Gasteiger partial charge in [0.1, 0.15) is 41.9 Å². The van der Waals surface area contributed by atoms with Crippen molar-refractivity contribution in [3.63, 3.8) is 0 Å². The third kappa shape index (κ3) is 29.3. The Balaban J connectivity index is 0.000000129. The summed E-state index contributed by atoms with van der Waals surface area (Å²) in [7, 11) is 0. The third-order valence-electron chi connectivity index (χ3n) is 19.2. The highest BCUT2D eigenvalue weighted by Gasteiger charge is 2.09. The molecule has 23 aromatic rings. The molecular weight excluding hydrogens is 1960 g/mol. The lowest BCUT2D eigenvalue weighted by Gasteiger charge is -1.98. The molecule has 0 aliphatic rings. The van der Waals surface area contributed by atoms with Crippen LogP contribution in [0.3, 0.4) is 0 Å². The molecule has 0 saturated carbocycles. The van der Waals surface area contributed by atoms with E-state index in [1.807, 2.05) is 194 Å². The highest BCUT2D eigenvalue weighted by Crippen LogP contribution is 2.33. The molecule has 23 rings (SSSR count). The second kappa shape index (κ2) is 47.2. The van der Waals surface area contributed by atoms with Gasteiger partial charge in [-0.1, -0.05) is 187 Å². The monoisotopic (exact) mass is 2040 g/mol. The van der Waals surface area contributed by atoms with E-state index in [4.69, 9.17) is 139 Å². The molecule has 0 fully saturated rings. The Bertz CT molecular complexity index is 6840. The van der Waals surface area contributed by atoms with Crippen molar-refractivity contribution in [1.29, 1.82) is 0 Å². The number of nitrogens with one attached hydrogen (secondary N) is 6. The second-order valence-electron chi connectivity index (χ2n) is 30.2. The Labute approximate surface area is 834 Å². The van der Waals surface area contributed by atoms with Crippen molar-refractivity contribution in [2.24, 2.45) is 0 Å². The number of H-pyrrole nitrogens is 6. The molecule has 668 valence electrons. The maximum Gasteiger partial charge on any atom is 0.149 e. The SMILES string of the molecule is Cc1cc2[nH]cc(Cl)c2cn1.Cc1cc2cc(Cl)ccc2[nH]1.Cc1cc2cc(Cl)cnc2[nH]1.Cc1cc2ccc(Cl)cc2s1.Cc1cc2ccc(Cl)nc2s1.Cc1cc2ncc(Cl)nc2s1.Cc1ccc2c(C)c[nH]c2c1.Cc1ccc2c(Cl)c[nH]c2c1.Cc1ccc2c(Cl)c[nH]c2n1.Cc1ccc2nc(Cl)ccc2c1.Cc1cnc2cc(Cl)ccc2c1.Cc1sc(Cl)cc1Cl. The summed E-state index contributed by atoms with van der Waals surface area (Å²) < 4.78 is 2.03. The van der Waals surface area contributed by atoms with Crippen molar-refractivity contribution in [2.45, 2.75) is 90.0 Å². The number of benzene rings is 6. The van der Waals surface area contributed by atoms with Gasteiger partial charge in [0.2, 0.25) is 0 Å². The molecule has 6 N–H and O–H groups in total. The van der Waals surface area contributed by atoms with Crippen molar-refractivity contribution in [1.82, 2.24) is 69.8 Å². The molecule has 17 heterocycles. The van der Waals surface area contributed by atoms with E-state index in [-0.39, 0.29) is 0 Å². The minimum Gasteiger partial charge on any atom is -0.361 e. The Morgan fingerprint density at radius 2 is 0.809 bits per heavy atom. The van der Waals surface area contributed by atoms with Gasteiger partial charge in [0, 0.05) is 170 Å². The molecule has 131 heavy (non-hydrogen) atoms. The van der Waals surface area contributed by atoms with Gasteiger partial charge in [0.05, 0.1) is 52.2 Å². The molecule has 0 atom stereocenters. The van der Waals surface area contributed by atoms with E-state index in [2.05, 4.69) is 178 Å². The largest absolute Gasteiger partial charge is 0.361 e. The molecule has 17 aromatic heterocycles. The Hall–Kier alpha value is -9.88. The molecule has 0 radical (unpaired) electrons. The van der Waals surface area contributed by atoms with E-state index in [0.29, 0.717) is 20.5 Å². The fourth-order valence-electron chi connectivity index (χ4n) is 13.0. The number of pyridine rings is 6. The fraction of sp³-hybridized carbons (Fsp3) is 0.129. The van der Waals surface area contributed by atoms with E-state index in [0.717, 1.165) is 148 Å². The van der Waals surface area contributed by atoms with Crippen LogP contribution in [0.25, 0.3) is 118 Å². The van der Waals surface area contributed by atoms with Crippen LogP contribution in [0.4, 0.5) is 0 Å². The zero-order valence-electron chi connectivity index (χ0n) is 72.9. The van der Waals surface area contributed by atoms with E-state index >= 15 is 0 Å². The van der Waals surface area contributed by atoms with Crippen LogP contribution in [0.1, 0.15) is 70.1 Å². The fourth-order valence-corrected chi connectivity index (χ4v) is 19.1. The van der Waals surface area contributed by atoms with Gasteiger partial charge in [-0.3, -0.25) is 15.0 Å². The van der Waals surface area contributed by atoms with E-state index in [9.17, 15) is 0 Å². The van der Waals surface area contributed by atoms with Crippen LogP contribution in [-0.4, -0.2) is 69.8 Å². The first-order valence-electron chi connectivity index (χ1n) is 40.4. The molecule has 0 aliphatic heterocycles. The van der Waals surface area contributed by atoms with Gasteiger partial charge in [-0.05, 0) is 275 Å². The summed E-state index contributed by atoms with van der Waals surface area (Å²) in [6.45, 7) is 26.5. The van der Waals surface area contributed by atoms with E-state index in [1.165, 1.54) is 91.2 Å². The number of rotatable bonds is 0. The first-order chi connectivity index (χ1) is 62.6. The lowest BCUT2D eigenvalue weighted by molar-refractivity contribution is 1.22. The predicted octanol–water partition coefficient (Wildman–Crippen LogP) is 36.1. The first-order valence-corrected chi connectivity index (χ1v) is 48.2. The lowest BCUT2D eigenvalue weighted by atomic mass is 10.1. The minimum atomic E-state index is 0.458. The molecule has 0 spiro atoms. The molecular formula is C101H86Cl12N14S4. The summed E-state index contributed by atoms with van der Waals surface area (Å²) in [6, 6.07) is 66.0. The highest BCUT2D eigenvalue weighted by atomic mass is 35.5. The molecule has 6 aromatic carbocycles. The van der Waals surface area contributed by atoms with Crippen LogP contribution in [0, 0.1) is 90.0 Å². The predicted molar refractivity (Wildman–Crippen MR) is 572 cm³/mol. The van der Waals surface area contributed by atoms with E-state index in [1.54, 1.807) is 71.1 Å². The average Bonchev–Trinajstić information content (AvgIpc) is 1.08. The highest BCUT2D eigenvalue weighted by molar-refractivity contribution is 7.19. The van der Waals surface area contributed by atoms with Gasteiger partial charge in [-0.25, -0.2) is 24.9 Å². The second-order valence-corrected chi connectivity index (χ2v) is 40.4. The summed E-state index contributed by atoms with van der Waals surface area (Å²) in [5, 5.41) is 19.0. The number of thiophene rings is 4. The quantitative estimate of drug-likeness (QED) is 0.0806. The first kappa shape index (κ1) is 100. The van der Waals surface area contributed by atoms with Gasteiger partial charge >= 0.3 is 0 Å². The van der Waals surface area contributed by atoms with Crippen LogP contribution in [0.15, 0.2) is 250 Å². The zero-order chi connectivity index (χ0) is 93.9. The van der Waals surface area contributed by atoms with Gasteiger partial charge in [0.25, 0.3) is 0 Å². The summed E-state index contributed by atoms with van der Waals surface area (Å²) in [5.41, 5.74) is 19.7. The normalized spacial score (nSPS) is 10.6. The molecule has 14 nitrogen and oxygen atoms in total. The maximum atomic E-state index is 5.89. The van der Waals surface area contributed by atoms with Gasteiger partial charge in [-0.15, -0.1) is 45.3 Å². The van der Waals surface area contributed by atoms with Gasteiger partial charge in [0.15, 0.2) is 0 Å². The van der Waals surface area contributed by atoms with Crippen LogP contribution in [0.2, 0.25) is 60.0 Å². The van der Waals surface area contributed by atoms with Crippen molar-refractivity contribution >= 4 is 303 Å². The smallest absolute Gasteiger partial charge is 0.149 e. The summed E-state index contributed by atoms with van der Waals surface area (Å²) >= 11 is 75.8. The number of fused-ring (bicyclic) bond motifs is 11. The number of aryl methyl sites for hydroxylation is 13. The van der Waals surface area contributed by atoms with Gasteiger partial charge in [-0.2, -0.15) is 0 Å². The zero-order valence-corrected chi connectivity index (χ0v) is 85.3. The number of hydrogen-bond acceptors (Lipinski definition) is 12. The third-order valence-corrected chi connectivity index (χ3v) is 26.3. The van der Waals surface area contributed by atoms with Crippen molar-refractivity contribution in [2.75, 3.05) is 0 Å². The lowest BCUT2D eigenvalue weighted by Crippen LogP contribution is -1.80. The number of halogens is 12. The van der Waals surface area contributed by atoms with Crippen LogP contribution < -0.4 is 0 Å². The summed E-state index contributed by atoms with van der Waals surface area (Å²) in [6.07, 6.45) is 14.2. The summed E-state index contributed by atoms with van der Waals surface area (Å²) in [4.78, 5) is 58.9. The number of aromatic amines is 6. The van der Waals surface area contributed by atoms with Crippen LogP contribution in [0.5, 0.6) is 0 Å². The minimum absolute atomic E-state index is 0.458. The van der Waals surface area contributed by atoms with Crippen molar-refractivity contribution in [3.05, 3.63) is 380 Å². The van der Waals surface area contributed by atoms with Crippen molar-refractivity contribution in [3.8, 4) is 0 Å². The Morgan fingerprint density at radius 1 is 0.267 bits per heavy atom. The Morgan fingerprint density at radius 3 is 1.53 bits per heavy atom. The number of nitrogens with zero attached hydrogens (tertiary/aromatic N) is 8. The number of hydrogen-bond donors (Lipinski definition) is 6. The topological polar surface area (TPSA) is 198 Å². The average molecular weight is 2050 g/mol. The molecule has 0 aliphatic carbocycles. The molecule has 0 unspecified atom stereocenters. The van der Waals surface area contributed by atoms with Crippen LogP contribution in [-0.2, 0) is 0 Å². The summed E-state index contributed by atoms with van der Waals surface area (Å²) in [5.74, 6) is 0. The standard InChI is InChI=1S/2C10H8ClN.C10H11N.2C9H8ClN.C9H7ClS.3C8H7ClN2.C8H6ClNS.C7H5ClN2S.C5H4Cl2S/c1-7-2-4-9-8(6-7)3-5-10(11)12-9;1-7-4-8-2-3-9(11)5-10(8)12-6-7;1-7-3-4-9-8(2)6-11-10(9)5-7;1-6-4-7-5-8(10)2-3-9(7)11-6;1-6-2-3-7-8(10)5-11-9(7)4-6;1-6-4-7-2-3-8(10)5-9(7)11-6;1-5-2-8-6(3-10-5)7(9)4-11-8;1-5-2-6-3-7(9)4-10-8(6)11-5;1-5-2-3-6-7(9)4-10-8(6)11-5;1-5-4-6-2-3-7(9)10-8(6)11-5;1-4-2-5-7(11-4)10-6(8)3-9-5;1-3-4(6)2-5(7)8-3/h2*2-6H,1H3;3-6,11H,1-2H3;2*2-5,11H,1H3;2-5H,1H3;2-4,11H,1H3;2*2-4H,1H3,(H,10,11);2-4H,1H3;2-3H,1H3;2H,1H3.